The van der Waals surface area contributed by atoms with Crippen LogP contribution in [0.2, 0.25) is 0 Å². The molecular weight excluding hydrogens is 350 g/mol. The molecule has 144 valence electrons. The highest BCUT2D eigenvalue weighted by Crippen LogP contribution is 2.43. The topological polar surface area (TPSA) is 50.5 Å². The fourth-order valence-corrected chi connectivity index (χ4v) is 4.31. The third kappa shape index (κ3) is 2.84. The van der Waals surface area contributed by atoms with E-state index in [9.17, 15) is 9.59 Å². The standard InChI is InChI=1S/C24H25NO3/c1-14-8-6-7-9-17(14)22(26)19-11-16-10-18-15(2)13-24(3,4)25(5)20(18)12-21(16)28-23(19)27/h6-12,15H,13H2,1-5H3. The smallest absolute Gasteiger partial charge is 0.347 e. The number of anilines is 1. The molecule has 2 heterocycles. The number of carbonyl (C=O) groups is 1. The van der Waals surface area contributed by atoms with Crippen LogP contribution in [0.5, 0.6) is 0 Å². The average molecular weight is 375 g/mol. The SMILES string of the molecule is Cc1ccccc1C(=O)c1cc2cc3c(cc2oc1=O)N(C)C(C)(C)CC3C. The largest absolute Gasteiger partial charge is 0.422 e. The van der Waals surface area contributed by atoms with Crippen LogP contribution in [0, 0.1) is 6.92 Å². The van der Waals surface area contributed by atoms with Crippen molar-refractivity contribution in [3.63, 3.8) is 0 Å². The Morgan fingerprint density at radius 1 is 1.14 bits per heavy atom. The first-order valence-electron chi connectivity index (χ1n) is 9.65. The van der Waals surface area contributed by atoms with Crippen molar-refractivity contribution in [2.45, 2.75) is 45.6 Å². The summed E-state index contributed by atoms with van der Waals surface area (Å²) >= 11 is 0. The summed E-state index contributed by atoms with van der Waals surface area (Å²) in [4.78, 5) is 27.8. The molecule has 2 aromatic carbocycles. The van der Waals surface area contributed by atoms with Crippen LogP contribution < -0.4 is 10.5 Å². The fraction of sp³-hybridized carbons (Fsp3) is 0.333. The lowest BCUT2D eigenvalue weighted by molar-refractivity contribution is 0.103. The Morgan fingerprint density at radius 2 is 1.86 bits per heavy atom. The molecule has 0 spiro atoms. The predicted molar refractivity (Wildman–Crippen MR) is 113 cm³/mol. The Hall–Kier alpha value is -2.88. The number of aryl methyl sites for hydroxylation is 1. The second kappa shape index (κ2) is 6.33. The van der Waals surface area contributed by atoms with Gasteiger partial charge in [-0.1, -0.05) is 31.2 Å². The molecule has 4 rings (SSSR count). The minimum absolute atomic E-state index is 0.0289. The van der Waals surface area contributed by atoms with Gasteiger partial charge in [-0.15, -0.1) is 0 Å². The van der Waals surface area contributed by atoms with E-state index in [1.807, 2.05) is 25.1 Å². The van der Waals surface area contributed by atoms with Gasteiger partial charge < -0.3 is 9.32 Å². The predicted octanol–water partition coefficient (Wildman–Crippen LogP) is 5.05. The molecule has 0 amide bonds. The van der Waals surface area contributed by atoms with Crippen molar-refractivity contribution in [1.82, 2.24) is 0 Å². The van der Waals surface area contributed by atoms with Crippen LogP contribution in [0.1, 0.15) is 60.2 Å². The third-order valence-electron chi connectivity index (χ3n) is 6.12. The van der Waals surface area contributed by atoms with Crippen molar-refractivity contribution in [2.75, 3.05) is 11.9 Å². The van der Waals surface area contributed by atoms with Crippen LogP contribution in [0.3, 0.4) is 0 Å². The lowest BCUT2D eigenvalue weighted by Gasteiger charge is -2.45. The number of hydrogen-bond donors (Lipinski definition) is 0. The van der Waals surface area contributed by atoms with Gasteiger partial charge in [0.05, 0.1) is 0 Å². The molecule has 4 nitrogen and oxygen atoms in total. The number of ketones is 1. The summed E-state index contributed by atoms with van der Waals surface area (Å²) in [5.41, 5.74) is 3.71. The molecule has 0 fully saturated rings. The maximum atomic E-state index is 13.0. The maximum Gasteiger partial charge on any atom is 0.347 e. The van der Waals surface area contributed by atoms with E-state index in [1.165, 1.54) is 5.56 Å². The molecular formula is C24H25NO3. The van der Waals surface area contributed by atoms with Crippen LogP contribution in [-0.4, -0.2) is 18.4 Å². The number of benzene rings is 2. The van der Waals surface area contributed by atoms with Crippen LogP contribution in [0.15, 0.2) is 51.7 Å². The molecule has 1 aliphatic rings. The summed E-state index contributed by atoms with van der Waals surface area (Å²) in [6, 6.07) is 13.0. The summed E-state index contributed by atoms with van der Waals surface area (Å²) < 4.78 is 5.59. The zero-order valence-corrected chi connectivity index (χ0v) is 17.0. The van der Waals surface area contributed by atoms with Crippen LogP contribution in [0.25, 0.3) is 11.0 Å². The highest BCUT2D eigenvalue weighted by molar-refractivity contribution is 6.10. The zero-order valence-electron chi connectivity index (χ0n) is 17.0. The Labute approximate surface area is 164 Å². The van der Waals surface area contributed by atoms with Crippen LogP contribution in [-0.2, 0) is 0 Å². The molecule has 1 aromatic heterocycles. The zero-order chi connectivity index (χ0) is 20.2. The first kappa shape index (κ1) is 18.5. The van der Waals surface area contributed by atoms with E-state index in [-0.39, 0.29) is 16.9 Å². The summed E-state index contributed by atoms with van der Waals surface area (Å²) in [5, 5.41) is 0.787. The molecule has 0 aliphatic carbocycles. The van der Waals surface area contributed by atoms with Crippen molar-refractivity contribution >= 4 is 22.4 Å². The van der Waals surface area contributed by atoms with Crippen molar-refractivity contribution < 1.29 is 9.21 Å². The summed E-state index contributed by atoms with van der Waals surface area (Å²) in [6.45, 7) is 8.52. The highest BCUT2D eigenvalue weighted by atomic mass is 16.4. The first-order valence-corrected chi connectivity index (χ1v) is 9.65. The van der Waals surface area contributed by atoms with E-state index in [2.05, 4.69) is 38.8 Å². The van der Waals surface area contributed by atoms with Gasteiger partial charge in [0.1, 0.15) is 11.1 Å². The average Bonchev–Trinajstić information content (AvgIpc) is 2.64. The molecule has 0 saturated heterocycles. The number of fused-ring (bicyclic) bond motifs is 2. The summed E-state index contributed by atoms with van der Waals surface area (Å²) in [6.07, 6.45) is 1.04. The van der Waals surface area contributed by atoms with Gasteiger partial charge in [-0.2, -0.15) is 0 Å². The monoisotopic (exact) mass is 375 g/mol. The van der Waals surface area contributed by atoms with Crippen molar-refractivity contribution in [2.24, 2.45) is 0 Å². The second-order valence-corrected chi connectivity index (χ2v) is 8.52. The van der Waals surface area contributed by atoms with Gasteiger partial charge in [0.2, 0.25) is 5.78 Å². The molecule has 0 N–H and O–H groups in total. The highest BCUT2D eigenvalue weighted by Gasteiger charge is 2.34. The molecule has 4 heteroatoms. The van der Waals surface area contributed by atoms with E-state index in [0.29, 0.717) is 17.1 Å². The number of rotatable bonds is 2. The van der Waals surface area contributed by atoms with Crippen molar-refractivity contribution in [1.29, 1.82) is 0 Å². The minimum Gasteiger partial charge on any atom is -0.422 e. The lowest BCUT2D eigenvalue weighted by atomic mass is 9.80. The lowest BCUT2D eigenvalue weighted by Crippen LogP contribution is -2.45. The Balaban J connectivity index is 1.89. The van der Waals surface area contributed by atoms with E-state index in [1.54, 1.807) is 18.2 Å². The number of nitrogens with zero attached hydrogens (tertiary/aromatic N) is 1. The fourth-order valence-electron chi connectivity index (χ4n) is 4.31. The summed E-state index contributed by atoms with van der Waals surface area (Å²) in [7, 11) is 2.07. The first-order chi connectivity index (χ1) is 13.2. The molecule has 28 heavy (non-hydrogen) atoms. The normalized spacial score (nSPS) is 18.2. The van der Waals surface area contributed by atoms with E-state index in [0.717, 1.165) is 23.1 Å². The third-order valence-corrected chi connectivity index (χ3v) is 6.12. The van der Waals surface area contributed by atoms with E-state index < -0.39 is 5.63 Å². The van der Waals surface area contributed by atoms with E-state index >= 15 is 0 Å². The van der Waals surface area contributed by atoms with E-state index in [4.69, 9.17) is 4.42 Å². The van der Waals surface area contributed by atoms with Crippen LogP contribution >= 0.6 is 0 Å². The van der Waals surface area contributed by atoms with Gasteiger partial charge in [0.15, 0.2) is 0 Å². The van der Waals surface area contributed by atoms with Gasteiger partial charge in [0, 0.05) is 35.3 Å². The van der Waals surface area contributed by atoms with Crippen LogP contribution in [0.4, 0.5) is 5.69 Å². The minimum atomic E-state index is -0.591. The van der Waals surface area contributed by atoms with Gasteiger partial charge in [-0.25, -0.2) is 4.79 Å². The number of carbonyl (C=O) groups excluding carboxylic acids is 1. The molecule has 0 saturated carbocycles. The maximum absolute atomic E-state index is 13.0. The Kier molecular flexibility index (Phi) is 4.18. The Morgan fingerprint density at radius 3 is 2.57 bits per heavy atom. The molecule has 0 radical (unpaired) electrons. The molecule has 1 atom stereocenters. The molecule has 1 unspecified atom stereocenters. The van der Waals surface area contributed by atoms with Gasteiger partial charge in [-0.05, 0) is 56.4 Å². The number of hydrogen-bond acceptors (Lipinski definition) is 4. The Bertz CT molecular complexity index is 1160. The van der Waals surface area contributed by atoms with Gasteiger partial charge >= 0.3 is 5.63 Å². The molecule has 1 aliphatic heterocycles. The van der Waals surface area contributed by atoms with Crippen molar-refractivity contribution in [3.8, 4) is 0 Å². The molecule has 3 aromatic rings. The van der Waals surface area contributed by atoms with Gasteiger partial charge in [-0.3, -0.25) is 4.79 Å². The van der Waals surface area contributed by atoms with Gasteiger partial charge in [0.25, 0.3) is 0 Å². The van der Waals surface area contributed by atoms with Crippen molar-refractivity contribution in [3.05, 3.63) is 75.1 Å². The second-order valence-electron chi connectivity index (χ2n) is 8.52. The quantitative estimate of drug-likeness (QED) is 0.464. The molecule has 0 bridgehead atoms. The summed E-state index contributed by atoms with van der Waals surface area (Å²) in [5.74, 6) is 0.0887.